The normalized spacial score (nSPS) is 19.3. The van der Waals surface area contributed by atoms with Gasteiger partial charge in [0.2, 0.25) is 0 Å². The number of hydrogen-bond donors (Lipinski definition) is 1. The van der Waals surface area contributed by atoms with Crippen molar-refractivity contribution in [1.82, 2.24) is 10.3 Å². The Balaban J connectivity index is 0.000000845. The van der Waals surface area contributed by atoms with Crippen molar-refractivity contribution in [2.24, 2.45) is 0 Å². The van der Waals surface area contributed by atoms with Crippen LogP contribution in [0.2, 0.25) is 0 Å². The van der Waals surface area contributed by atoms with E-state index in [9.17, 15) is 0 Å². The van der Waals surface area contributed by atoms with Crippen molar-refractivity contribution in [2.45, 2.75) is 12.5 Å². The van der Waals surface area contributed by atoms with Crippen LogP contribution in [0.5, 0.6) is 0 Å². The summed E-state index contributed by atoms with van der Waals surface area (Å²) in [4.78, 5) is 4.10. The van der Waals surface area contributed by atoms with E-state index in [4.69, 9.17) is 0 Å². The highest BCUT2D eigenvalue weighted by molar-refractivity contribution is 5.85. The molecule has 1 unspecified atom stereocenters. The van der Waals surface area contributed by atoms with Gasteiger partial charge >= 0.3 is 0 Å². The second kappa shape index (κ2) is 6.82. The second-order valence-corrected chi connectivity index (χ2v) is 2.95. The third kappa shape index (κ3) is 3.29. The highest BCUT2D eigenvalue weighted by atomic mass is 35.5. The largest absolute Gasteiger partial charge is 0.306 e. The summed E-state index contributed by atoms with van der Waals surface area (Å²) in [7, 11) is 0. The zero-order chi connectivity index (χ0) is 8.23. The lowest BCUT2D eigenvalue weighted by Gasteiger charge is -2.19. The van der Waals surface area contributed by atoms with Crippen molar-refractivity contribution in [2.75, 3.05) is 6.54 Å². The predicted octanol–water partition coefficient (Wildman–Crippen LogP) is 2.52. The minimum Gasteiger partial charge on any atom is -0.306 e. The zero-order valence-electron chi connectivity index (χ0n) is 7.72. The fourth-order valence-corrected chi connectivity index (χ4v) is 1.45. The first-order valence-corrected chi connectivity index (χ1v) is 4.25. The first-order chi connectivity index (χ1) is 5.97. The van der Waals surface area contributed by atoms with E-state index in [1.54, 1.807) is 0 Å². The monoisotopic (exact) mass is 232 g/mol. The molecule has 0 spiro atoms. The first kappa shape index (κ1) is 13.4. The average Bonchev–Trinajstić information content (AvgIpc) is 2.21. The quantitative estimate of drug-likeness (QED) is 0.754. The number of nitrogens with zero attached hydrogens (tertiary/aromatic N) is 1. The third-order valence-electron chi connectivity index (χ3n) is 2.11. The Labute approximate surface area is 96.6 Å². The number of pyridine rings is 1. The topological polar surface area (TPSA) is 24.9 Å². The van der Waals surface area contributed by atoms with Crippen molar-refractivity contribution in [3.63, 3.8) is 0 Å². The predicted molar refractivity (Wildman–Crippen MR) is 63.2 cm³/mol. The average molecular weight is 233 g/mol. The molecule has 2 nitrogen and oxygen atoms in total. The van der Waals surface area contributed by atoms with Gasteiger partial charge in [-0.1, -0.05) is 18.2 Å². The molecule has 78 valence electrons. The maximum absolute atomic E-state index is 4.10. The fraction of sp³-hybridized carbons (Fsp3) is 0.300. The lowest BCUT2D eigenvalue weighted by molar-refractivity contribution is 0.553. The van der Waals surface area contributed by atoms with E-state index in [0.717, 1.165) is 13.0 Å². The van der Waals surface area contributed by atoms with Gasteiger partial charge in [-0.2, -0.15) is 0 Å². The summed E-state index contributed by atoms with van der Waals surface area (Å²) < 4.78 is 0. The molecule has 0 fully saturated rings. The third-order valence-corrected chi connectivity index (χ3v) is 2.11. The molecule has 0 amide bonds. The molecule has 0 saturated heterocycles. The Morgan fingerprint density at radius 3 is 2.71 bits per heavy atom. The summed E-state index contributed by atoms with van der Waals surface area (Å²) in [5.74, 6) is 0. The number of hydrogen-bond acceptors (Lipinski definition) is 2. The van der Waals surface area contributed by atoms with Gasteiger partial charge in [-0.25, -0.2) is 0 Å². The molecule has 1 aromatic rings. The van der Waals surface area contributed by atoms with Gasteiger partial charge in [-0.05, 0) is 18.1 Å². The first-order valence-electron chi connectivity index (χ1n) is 4.25. The lowest BCUT2D eigenvalue weighted by Crippen LogP contribution is -2.23. The molecule has 4 heteroatoms. The van der Waals surface area contributed by atoms with Crippen LogP contribution in [0.25, 0.3) is 0 Å². The molecular formula is C10H14Cl2N2. The van der Waals surface area contributed by atoms with E-state index < -0.39 is 0 Å². The van der Waals surface area contributed by atoms with Crippen molar-refractivity contribution < 1.29 is 0 Å². The molecule has 0 radical (unpaired) electrons. The van der Waals surface area contributed by atoms with E-state index >= 15 is 0 Å². The molecule has 1 aliphatic rings. The number of nitrogens with one attached hydrogen (secondary N) is 1. The highest BCUT2D eigenvalue weighted by Gasteiger charge is 2.10. The van der Waals surface area contributed by atoms with Crippen molar-refractivity contribution >= 4 is 24.8 Å². The summed E-state index contributed by atoms with van der Waals surface area (Å²) in [6.07, 6.45) is 9.19. The van der Waals surface area contributed by atoms with Crippen LogP contribution in [0.3, 0.4) is 0 Å². The Bertz CT molecular complexity index is 275. The second-order valence-electron chi connectivity index (χ2n) is 2.95. The molecule has 1 aromatic heterocycles. The minimum absolute atomic E-state index is 0. The van der Waals surface area contributed by atoms with Crippen LogP contribution < -0.4 is 5.32 Å². The number of rotatable bonds is 1. The number of aromatic nitrogens is 1. The van der Waals surface area contributed by atoms with Crippen LogP contribution in [0.4, 0.5) is 0 Å². The molecule has 14 heavy (non-hydrogen) atoms. The van der Waals surface area contributed by atoms with Crippen molar-refractivity contribution in [1.29, 1.82) is 0 Å². The van der Waals surface area contributed by atoms with E-state index in [-0.39, 0.29) is 24.8 Å². The summed E-state index contributed by atoms with van der Waals surface area (Å²) in [6, 6.07) is 4.56. The van der Waals surface area contributed by atoms with E-state index in [0.29, 0.717) is 6.04 Å². The summed E-state index contributed by atoms with van der Waals surface area (Å²) in [5, 5.41) is 3.41. The van der Waals surface area contributed by atoms with E-state index in [1.165, 1.54) is 5.56 Å². The summed E-state index contributed by atoms with van der Waals surface area (Å²) >= 11 is 0. The van der Waals surface area contributed by atoms with Gasteiger partial charge in [-0.15, -0.1) is 24.8 Å². The van der Waals surface area contributed by atoms with Crippen LogP contribution in [0.1, 0.15) is 18.0 Å². The van der Waals surface area contributed by atoms with Crippen LogP contribution >= 0.6 is 24.8 Å². The Hall–Kier alpha value is -0.570. The van der Waals surface area contributed by atoms with Crippen LogP contribution in [0, 0.1) is 0 Å². The molecule has 0 aliphatic carbocycles. The van der Waals surface area contributed by atoms with Gasteiger partial charge < -0.3 is 5.32 Å². The highest BCUT2D eigenvalue weighted by Crippen LogP contribution is 2.17. The van der Waals surface area contributed by atoms with Gasteiger partial charge in [0.1, 0.15) is 0 Å². The van der Waals surface area contributed by atoms with Crippen molar-refractivity contribution in [3.05, 3.63) is 42.2 Å². The van der Waals surface area contributed by atoms with Gasteiger partial charge in [0, 0.05) is 25.0 Å². The molecule has 1 aliphatic heterocycles. The van der Waals surface area contributed by atoms with E-state index in [1.807, 2.05) is 18.5 Å². The smallest absolute Gasteiger partial charge is 0.0372 e. The van der Waals surface area contributed by atoms with Gasteiger partial charge in [0.25, 0.3) is 0 Å². The van der Waals surface area contributed by atoms with Crippen LogP contribution in [-0.4, -0.2) is 11.5 Å². The molecule has 1 atom stereocenters. The van der Waals surface area contributed by atoms with Crippen LogP contribution in [-0.2, 0) is 0 Å². The number of halogens is 2. The van der Waals surface area contributed by atoms with Gasteiger partial charge in [-0.3, -0.25) is 4.98 Å². The molecule has 0 aromatic carbocycles. The van der Waals surface area contributed by atoms with Crippen LogP contribution in [0.15, 0.2) is 36.7 Å². The maximum atomic E-state index is 4.10. The SMILES string of the molecule is C1=CCC(c2cccnc2)NC1.Cl.Cl. The standard InChI is InChI=1S/C10H12N2.2ClH/c1-2-7-12-10(5-1)9-4-3-6-11-8-9;;/h1-4,6,8,10,12H,5,7H2;2*1H. The molecule has 2 heterocycles. The minimum atomic E-state index is 0. The Morgan fingerprint density at radius 2 is 2.14 bits per heavy atom. The van der Waals surface area contributed by atoms with Crippen molar-refractivity contribution in [3.8, 4) is 0 Å². The Morgan fingerprint density at radius 1 is 1.29 bits per heavy atom. The summed E-state index contributed by atoms with van der Waals surface area (Å²) in [6.45, 7) is 0.972. The fourth-order valence-electron chi connectivity index (χ4n) is 1.45. The molecular weight excluding hydrogens is 219 g/mol. The van der Waals surface area contributed by atoms with Gasteiger partial charge in [0.15, 0.2) is 0 Å². The lowest BCUT2D eigenvalue weighted by atomic mass is 10.0. The zero-order valence-corrected chi connectivity index (χ0v) is 9.35. The molecule has 1 N–H and O–H groups in total. The van der Waals surface area contributed by atoms with Gasteiger partial charge in [0.05, 0.1) is 0 Å². The molecule has 2 rings (SSSR count). The summed E-state index contributed by atoms with van der Waals surface area (Å²) in [5.41, 5.74) is 1.28. The molecule has 0 saturated carbocycles. The Kier molecular flexibility index (Phi) is 6.54. The van der Waals surface area contributed by atoms with E-state index in [2.05, 4.69) is 28.5 Å². The molecule has 0 bridgehead atoms. The maximum Gasteiger partial charge on any atom is 0.0372 e.